The number of nitrogens with zero attached hydrogens (tertiary/aromatic N) is 1. The molecule has 1 saturated heterocycles. The summed E-state index contributed by atoms with van der Waals surface area (Å²) in [6.45, 7) is 6.28. The van der Waals surface area contributed by atoms with Crippen LogP contribution in [-0.2, 0) is 4.79 Å². The first-order valence-electron chi connectivity index (χ1n) is 9.51. The fourth-order valence-electron chi connectivity index (χ4n) is 3.31. The number of nitrogens with one attached hydrogen (secondary N) is 2. The van der Waals surface area contributed by atoms with Gasteiger partial charge >= 0.3 is 0 Å². The molecule has 0 spiro atoms. The van der Waals surface area contributed by atoms with Crippen LogP contribution >= 0.6 is 0 Å². The second-order valence-electron chi connectivity index (χ2n) is 7.26. The van der Waals surface area contributed by atoms with Crippen molar-refractivity contribution in [2.24, 2.45) is 5.92 Å². The number of rotatable bonds is 5. The van der Waals surface area contributed by atoms with Gasteiger partial charge in [0.1, 0.15) is 0 Å². The van der Waals surface area contributed by atoms with Gasteiger partial charge in [-0.05, 0) is 61.6 Å². The lowest BCUT2D eigenvalue weighted by Gasteiger charge is -2.32. The Hall–Kier alpha value is -2.82. The zero-order valence-electron chi connectivity index (χ0n) is 16.0. The lowest BCUT2D eigenvalue weighted by Crippen LogP contribution is -2.33. The summed E-state index contributed by atoms with van der Waals surface area (Å²) in [4.78, 5) is 26.7. The molecule has 1 heterocycles. The summed E-state index contributed by atoms with van der Waals surface area (Å²) in [7, 11) is 0. The molecule has 1 fully saturated rings. The van der Waals surface area contributed by atoms with Crippen LogP contribution in [-0.4, -0.2) is 31.4 Å². The predicted molar refractivity (Wildman–Crippen MR) is 109 cm³/mol. The van der Waals surface area contributed by atoms with Crippen molar-refractivity contribution in [3.05, 3.63) is 59.7 Å². The molecule has 2 amide bonds. The van der Waals surface area contributed by atoms with Gasteiger partial charge in [-0.3, -0.25) is 9.59 Å². The Morgan fingerprint density at radius 3 is 2.37 bits per heavy atom. The molecule has 2 aromatic carbocycles. The number of aryl methyl sites for hydroxylation is 1. The number of carbonyl (C=O) groups is 2. The lowest BCUT2D eigenvalue weighted by atomic mass is 9.99. The summed E-state index contributed by atoms with van der Waals surface area (Å²) < 4.78 is 0. The summed E-state index contributed by atoms with van der Waals surface area (Å²) in [5.74, 6) is 0.323. The van der Waals surface area contributed by atoms with Crippen LogP contribution < -0.4 is 15.5 Å². The van der Waals surface area contributed by atoms with Gasteiger partial charge < -0.3 is 15.5 Å². The molecule has 2 aromatic rings. The highest BCUT2D eigenvalue weighted by atomic mass is 16.2. The van der Waals surface area contributed by atoms with Gasteiger partial charge in [0, 0.05) is 30.0 Å². The third-order valence-electron chi connectivity index (χ3n) is 5.10. The fraction of sp³-hybridized carbons (Fsp3) is 0.364. The maximum Gasteiger partial charge on any atom is 0.251 e. The smallest absolute Gasteiger partial charge is 0.251 e. The Bertz CT molecular complexity index is 793. The Labute approximate surface area is 160 Å². The summed E-state index contributed by atoms with van der Waals surface area (Å²) in [5.41, 5.74) is 3.40. The van der Waals surface area contributed by atoms with Gasteiger partial charge in [0.05, 0.1) is 6.54 Å². The van der Waals surface area contributed by atoms with Gasteiger partial charge in [-0.15, -0.1) is 0 Å². The van der Waals surface area contributed by atoms with Crippen LogP contribution in [0.5, 0.6) is 0 Å². The van der Waals surface area contributed by atoms with E-state index in [0.717, 1.165) is 30.3 Å². The first-order chi connectivity index (χ1) is 13.0. The summed E-state index contributed by atoms with van der Waals surface area (Å²) in [5, 5.41) is 5.50. The average molecular weight is 365 g/mol. The Morgan fingerprint density at radius 2 is 1.70 bits per heavy atom. The number of anilines is 2. The number of carbonyl (C=O) groups excluding carboxylic acids is 2. The minimum atomic E-state index is -0.239. The van der Waals surface area contributed by atoms with Crippen LogP contribution in [0.2, 0.25) is 0 Å². The zero-order valence-corrected chi connectivity index (χ0v) is 16.0. The second kappa shape index (κ2) is 8.71. The molecule has 142 valence electrons. The number of hydrogen-bond acceptors (Lipinski definition) is 3. The van der Waals surface area contributed by atoms with Gasteiger partial charge in [0.15, 0.2) is 0 Å². The summed E-state index contributed by atoms with van der Waals surface area (Å²) in [6, 6.07) is 15.2. The minimum absolute atomic E-state index is 0.0566. The molecule has 0 atom stereocenters. The third-order valence-corrected chi connectivity index (χ3v) is 5.10. The van der Waals surface area contributed by atoms with Gasteiger partial charge in [-0.1, -0.05) is 25.1 Å². The number of benzene rings is 2. The second-order valence-corrected chi connectivity index (χ2v) is 7.26. The van der Waals surface area contributed by atoms with E-state index in [1.54, 1.807) is 6.07 Å². The molecule has 3 rings (SSSR count). The average Bonchev–Trinajstić information content (AvgIpc) is 2.68. The number of piperidine rings is 1. The summed E-state index contributed by atoms with van der Waals surface area (Å²) in [6.07, 6.45) is 2.44. The summed E-state index contributed by atoms with van der Waals surface area (Å²) >= 11 is 0. The van der Waals surface area contributed by atoms with E-state index >= 15 is 0 Å². The van der Waals surface area contributed by atoms with Crippen molar-refractivity contribution in [2.45, 2.75) is 26.7 Å². The SMILES string of the molecule is Cc1ccccc1C(=O)NCC(=O)Nc1ccc(N2CCC(C)CC2)cc1. The standard InChI is InChI=1S/C22H27N3O2/c1-16-11-13-25(14-12-16)19-9-7-18(8-10-19)24-21(26)15-23-22(27)20-6-4-3-5-17(20)2/h3-10,16H,11-15H2,1-2H3,(H,23,27)(H,24,26). The quantitative estimate of drug-likeness (QED) is 0.851. The topological polar surface area (TPSA) is 61.4 Å². The van der Waals surface area contributed by atoms with Crippen molar-refractivity contribution in [2.75, 3.05) is 29.9 Å². The molecule has 0 unspecified atom stereocenters. The molecular weight excluding hydrogens is 338 g/mol. The molecule has 5 nitrogen and oxygen atoms in total. The van der Waals surface area contributed by atoms with E-state index in [-0.39, 0.29) is 18.4 Å². The highest BCUT2D eigenvalue weighted by Crippen LogP contribution is 2.24. The zero-order chi connectivity index (χ0) is 19.2. The van der Waals surface area contributed by atoms with E-state index < -0.39 is 0 Å². The van der Waals surface area contributed by atoms with Gasteiger partial charge in [-0.25, -0.2) is 0 Å². The van der Waals surface area contributed by atoms with Crippen molar-refractivity contribution < 1.29 is 9.59 Å². The molecule has 0 radical (unpaired) electrons. The Morgan fingerprint density at radius 1 is 1.04 bits per heavy atom. The molecule has 0 aromatic heterocycles. The minimum Gasteiger partial charge on any atom is -0.372 e. The van der Waals surface area contributed by atoms with E-state index in [1.807, 2.05) is 49.4 Å². The van der Waals surface area contributed by atoms with Crippen molar-refractivity contribution in [1.82, 2.24) is 5.32 Å². The van der Waals surface area contributed by atoms with Crippen molar-refractivity contribution in [3.63, 3.8) is 0 Å². The monoisotopic (exact) mass is 365 g/mol. The molecular formula is C22H27N3O2. The lowest BCUT2D eigenvalue weighted by molar-refractivity contribution is -0.115. The van der Waals surface area contributed by atoms with Crippen molar-refractivity contribution in [3.8, 4) is 0 Å². The van der Waals surface area contributed by atoms with E-state index in [2.05, 4.69) is 22.5 Å². The molecule has 0 aliphatic carbocycles. The maximum absolute atomic E-state index is 12.2. The molecule has 1 aliphatic rings. The molecule has 27 heavy (non-hydrogen) atoms. The molecule has 1 aliphatic heterocycles. The molecule has 5 heteroatoms. The van der Waals surface area contributed by atoms with Crippen molar-refractivity contribution in [1.29, 1.82) is 0 Å². The van der Waals surface area contributed by atoms with Crippen LogP contribution in [0.1, 0.15) is 35.7 Å². The molecule has 2 N–H and O–H groups in total. The van der Waals surface area contributed by atoms with Crippen LogP contribution in [0.4, 0.5) is 11.4 Å². The predicted octanol–water partition coefficient (Wildman–Crippen LogP) is 3.60. The van der Waals surface area contributed by atoms with E-state index in [1.165, 1.54) is 18.5 Å². The number of hydrogen-bond donors (Lipinski definition) is 2. The van der Waals surface area contributed by atoms with Gasteiger partial charge in [-0.2, -0.15) is 0 Å². The first-order valence-corrected chi connectivity index (χ1v) is 9.51. The van der Waals surface area contributed by atoms with Crippen LogP contribution in [0.25, 0.3) is 0 Å². The van der Waals surface area contributed by atoms with Gasteiger partial charge in [0.25, 0.3) is 5.91 Å². The first kappa shape index (κ1) is 19.0. The van der Waals surface area contributed by atoms with Crippen LogP contribution in [0.15, 0.2) is 48.5 Å². The van der Waals surface area contributed by atoms with Crippen LogP contribution in [0.3, 0.4) is 0 Å². The maximum atomic E-state index is 12.2. The third kappa shape index (κ3) is 5.09. The largest absolute Gasteiger partial charge is 0.372 e. The molecule has 0 saturated carbocycles. The van der Waals surface area contributed by atoms with E-state index in [9.17, 15) is 9.59 Å². The Balaban J connectivity index is 1.49. The fourth-order valence-corrected chi connectivity index (χ4v) is 3.31. The highest BCUT2D eigenvalue weighted by molar-refractivity contribution is 6.00. The highest BCUT2D eigenvalue weighted by Gasteiger charge is 2.16. The van der Waals surface area contributed by atoms with Crippen LogP contribution in [0, 0.1) is 12.8 Å². The normalized spacial score (nSPS) is 14.7. The van der Waals surface area contributed by atoms with E-state index in [4.69, 9.17) is 0 Å². The molecule has 0 bridgehead atoms. The van der Waals surface area contributed by atoms with Gasteiger partial charge in [0.2, 0.25) is 5.91 Å². The Kier molecular flexibility index (Phi) is 6.12. The van der Waals surface area contributed by atoms with E-state index in [0.29, 0.717) is 5.56 Å². The van der Waals surface area contributed by atoms with Crippen molar-refractivity contribution >= 4 is 23.2 Å². The number of amides is 2.